The molecular formula is C19H18FNO3. The van der Waals surface area contributed by atoms with Gasteiger partial charge in [0.15, 0.2) is 11.5 Å². The Labute approximate surface area is 139 Å². The maximum absolute atomic E-state index is 13.6. The van der Waals surface area contributed by atoms with Crippen molar-refractivity contribution < 1.29 is 18.7 Å². The highest BCUT2D eigenvalue weighted by Gasteiger charge is 2.51. The highest BCUT2D eigenvalue weighted by molar-refractivity contribution is 5.91. The lowest BCUT2D eigenvalue weighted by molar-refractivity contribution is -0.123. The zero-order valence-electron chi connectivity index (χ0n) is 13.2. The standard InChI is InChI=1S/C19H18FNO3/c20-15-4-2-1-3-13(15)7-10-21-18(22)19(8-9-19)14-5-6-16-17(11-14)24-12-23-16/h1-6,11H,7-10,12H2,(H,21,22). The lowest BCUT2D eigenvalue weighted by atomic mass is 9.94. The molecule has 0 saturated heterocycles. The normalized spacial score (nSPS) is 16.7. The van der Waals surface area contributed by atoms with Gasteiger partial charge >= 0.3 is 0 Å². The van der Waals surface area contributed by atoms with E-state index in [1.54, 1.807) is 18.2 Å². The lowest BCUT2D eigenvalue weighted by Gasteiger charge is -2.16. The summed E-state index contributed by atoms with van der Waals surface area (Å²) in [6, 6.07) is 12.3. The molecule has 5 heteroatoms. The molecule has 0 aromatic heterocycles. The SMILES string of the molecule is O=C(NCCc1ccccc1F)C1(c2ccc3c(c2)OCO3)CC1. The fraction of sp³-hybridized carbons (Fsp3) is 0.316. The Bertz CT molecular complexity index is 786. The molecule has 0 atom stereocenters. The van der Waals surface area contributed by atoms with Gasteiger partial charge in [-0.1, -0.05) is 24.3 Å². The van der Waals surface area contributed by atoms with Crippen molar-refractivity contribution in [2.24, 2.45) is 0 Å². The number of halogens is 1. The van der Waals surface area contributed by atoms with E-state index in [1.165, 1.54) is 6.07 Å². The third kappa shape index (κ3) is 2.60. The highest BCUT2D eigenvalue weighted by Crippen LogP contribution is 2.50. The minimum absolute atomic E-state index is 0.00213. The minimum atomic E-state index is -0.476. The van der Waals surface area contributed by atoms with E-state index in [4.69, 9.17) is 9.47 Å². The molecule has 2 aromatic rings. The Morgan fingerprint density at radius 1 is 1.12 bits per heavy atom. The first-order chi connectivity index (χ1) is 11.7. The van der Waals surface area contributed by atoms with Gasteiger partial charge in [0.05, 0.1) is 5.41 Å². The zero-order valence-corrected chi connectivity index (χ0v) is 13.2. The molecule has 2 aliphatic rings. The van der Waals surface area contributed by atoms with E-state index in [-0.39, 0.29) is 18.5 Å². The lowest BCUT2D eigenvalue weighted by Crippen LogP contribution is -2.36. The quantitative estimate of drug-likeness (QED) is 0.918. The molecule has 1 heterocycles. The topological polar surface area (TPSA) is 47.6 Å². The molecule has 1 N–H and O–H groups in total. The van der Waals surface area contributed by atoms with Crippen molar-refractivity contribution in [2.75, 3.05) is 13.3 Å². The molecule has 1 saturated carbocycles. The van der Waals surface area contributed by atoms with E-state index >= 15 is 0 Å². The average Bonchev–Trinajstić information content (AvgIpc) is 3.28. The van der Waals surface area contributed by atoms with Crippen molar-refractivity contribution in [2.45, 2.75) is 24.7 Å². The number of ether oxygens (including phenoxy) is 2. The summed E-state index contributed by atoms with van der Waals surface area (Å²) in [6.07, 6.45) is 2.12. The molecule has 1 aliphatic heterocycles. The molecule has 4 nitrogen and oxygen atoms in total. The molecule has 1 fully saturated rings. The maximum atomic E-state index is 13.6. The van der Waals surface area contributed by atoms with Gasteiger partial charge in [0.2, 0.25) is 12.7 Å². The molecule has 0 bridgehead atoms. The first-order valence-corrected chi connectivity index (χ1v) is 8.11. The van der Waals surface area contributed by atoms with Gasteiger partial charge in [0, 0.05) is 6.54 Å². The van der Waals surface area contributed by atoms with Crippen molar-refractivity contribution in [1.82, 2.24) is 5.32 Å². The maximum Gasteiger partial charge on any atom is 0.231 e. The second-order valence-electron chi connectivity index (χ2n) is 6.25. The van der Waals surface area contributed by atoms with Crippen LogP contribution in [0.3, 0.4) is 0 Å². The molecule has 2 aromatic carbocycles. The zero-order chi connectivity index (χ0) is 16.6. The molecule has 124 valence electrons. The molecule has 24 heavy (non-hydrogen) atoms. The number of benzene rings is 2. The van der Waals surface area contributed by atoms with E-state index in [0.717, 1.165) is 24.2 Å². The van der Waals surface area contributed by atoms with Crippen LogP contribution in [0, 0.1) is 5.82 Å². The number of fused-ring (bicyclic) bond motifs is 1. The number of nitrogens with one attached hydrogen (secondary N) is 1. The summed E-state index contributed by atoms with van der Waals surface area (Å²) < 4.78 is 24.3. The van der Waals surface area contributed by atoms with Gasteiger partial charge in [-0.15, -0.1) is 0 Å². The van der Waals surface area contributed by atoms with Gasteiger partial charge in [-0.05, 0) is 48.6 Å². The van der Waals surface area contributed by atoms with E-state index < -0.39 is 5.41 Å². The van der Waals surface area contributed by atoms with Crippen LogP contribution < -0.4 is 14.8 Å². The first kappa shape index (κ1) is 15.0. The van der Waals surface area contributed by atoms with Crippen molar-refractivity contribution in [1.29, 1.82) is 0 Å². The van der Waals surface area contributed by atoms with Gasteiger partial charge in [-0.3, -0.25) is 4.79 Å². The average molecular weight is 327 g/mol. The second kappa shape index (κ2) is 5.82. The van der Waals surface area contributed by atoms with Gasteiger partial charge in [0.25, 0.3) is 0 Å². The summed E-state index contributed by atoms with van der Waals surface area (Å²) in [4.78, 5) is 12.6. The smallest absolute Gasteiger partial charge is 0.231 e. The predicted molar refractivity (Wildman–Crippen MR) is 86.6 cm³/mol. The molecule has 0 spiro atoms. The first-order valence-electron chi connectivity index (χ1n) is 8.11. The summed E-state index contributed by atoms with van der Waals surface area (Å²) in [5.74, 6) is 1.17. The third-order valence-electron chi connectivity index (χ3n) is 4.75. The van der Waals surface area contributed by atoms with E-state index in [1.807, 2.05) is 18.2 Å². The minimum Gasteiger partial charge on any atom is -0.454 e. The van der Waals surface area contributed by atoms with Crippen molar-refractivity contribution >= 4 is 5.91 Å². The Kier molecular flexibility index (Phi) is 3.63. The van der Waals surface area contributed by atoms with Crippen LogP contribution in [0.25, 0.3) is 0 Å². The van der Waals surface area contributed by atoms with Crippen LogP contribution in [0.4, 0.5) is 4.39 Å². The second-order valence-corrected chi connectivity index (χ2v) is 6.25. The van der Waals surface area contributed by atoms with E-state index in [0.29, 0.717) is 24.3 Å². The summed E-state index contributed by atoms with van der Waals surface area (Å²) in [5.41, 5.74) is 1.09. The molecule has 1 amide bonds. The molecule has 0 unspecified atom stereocenters. The monoisotopic (exact) mass is 327 g/mol. The number of rotatable bonds is 5. The van der Waals surface area contributed by atoms with Crippen LogP contribution in [0.1, 0.15) is 24.0 Å². The Hall–Kier alpha value is -2.56. The fourth-order valence-electron chi connectivity index (χ4n) is 3.15. The van der Waals surface area contributed by atoms with Crippen LogP contribution in [0.15, 0.2) is 42.5 Å². The van der Waals surface area contributed by atoms with E-state index in [2.05, 4.69) is 5.32 Å². The van der Waals surface area contributed by atoms with Crippen LogP contribution >= 0.6 is 0 Å². The van der Waals surface area contributed by atoms with Crippen LogP contribution in [0.5, 0.6) is 11.5 Å². The Morgan fingerprint density at radius 3 is 2.71 bits per heavy atom. The van der Waals surface area contributed by atoms with Gasteiger partial charge < -0.3 is 14.8 Å². The van der Waals surface area contributed by atoms with Gasteiger partial charge in [-0.2, -0.15) is 0 Å². The largest absolute Gasteiger partial charge is 0.454 e. The molecular weight excluding hydrogens is 309 g/mol. The molecule has 4 rings (SSSR count). The third-order valence-corrected chi connectivity index (χ3v) is 4.75. The number of hydrogen-bond acceptors (Lipinski definition) is 3. The summed E-state index contributed by atoms with van der Waals surface area (Å²) in [5, 5.41) is 2.95. The van der Waals surface area contributed by atoms with Crippen LogP contribution in [-0.2, 0) is 16.6 Å². The van der Waals surface area contributed by atoms with Gasteiger partial charge in [-0.25, -0.2) is 4.39 Å². The Balaban J connectivity index is 1.42. The van der Waals surface area contributed by atoms with Crippen molar-refractivity contribution in [3.63, 3.8) is 0 Å². The number of hydrogen-bond donors (Lipinski definition) is 1. The number of carbonyl (C=O) groups is 1. The number of carbonyl (C=O) groups excluding carboxylic acids is 1. The molecule has 0 radical (unpaired) electrons. The van der Waals surface area contributed by atoms with Crippen LogP contribution in [0.2, 0.25) is 0 Å². The summed E-state index contributed by atoms with van der Waals surface area (Å²) in [7, 11) is 0. The summed E-state index contributed by atoms with van der Waals surface area (Å²) >= 11 is 0. The predicted octanol–water partition coefficient (Wildman–Crippen LogP) is 2.94. The Morgan fingerprint density at radius 2 is 1.92 bits per heavy atom. The van der Waals surface area contributed by atoms with Crippen LogP contribution in [-0.4, -0.2) is 19.2 Å². The van der Waals surface area contributed by atoms with Crippen molar-refractivity contribution in [3.8, 4) is 11.5 Å². The van der Waals surface area contributed by atoms with E-state index in [9.17, 15) is 9.18 Å². The highest BCUT2D eigenvalue weighted by atomic mass is 19.1. The fourth-order valence-corrected chi connectivity index (χ4v) is 3.15. The van der Waals surface area contributed by atoms with Crippen molar-refractivity contribution in [3.05, 3.63) is 59.4 Å². The number of amides is 1. The molecule has 1 aliphatic carbocycles. The summed E-state index contributed by atoms with van der Waals surface area (Å²) in [6.45, 7) is 0.646. The van der Waals surface area contributed by atoms with Gasteiger partial charge in [0.1, 0.15) is 5.82 Å².